The largest absolute Gasteiger partial charge is 0.481 e. The number of hydrogen-bond donors (Lipinski definition) is 7. The van der Waals surface area contributed by atoms with E-state index in [1.807, 2.05) is 0 Å². The average Bonchev–Trinajstić information content (AvgIpc) is 3.04. The minimum absolute atomic E-state index is 0.0798. The molecule has 0 fully saturated rings. The van der Waals surface area contributed by atoms with Crippen molar-refractivity contribution in [2.75, 3.05) is 0 Å². The van der Waals surface area contributed by atoms with Crippen LogP contribution < -0.4 is 16.4 Å². The average molecular weight is 371 g/mol. The second kappa shape index (κ2) is 9.48. The number of aliphatic carboxylic acids is 2. The molecule has 1 rings (SSSR count). The lowest BCUT2D eigenvalue weighted by Gasteiger charge is -2.23. The lowest BCUT2D eigenvalue weighted by atomic mass is 10.1. The maximum Gasteiger partial charge on any atom is 0.326 e. The third-order valence-electron chi connectivity index (χ3n) is 3.43. The topological polar surface area (TPSA) is 208 Å². The van der Waals surface area contributed by atoms with Gasteiger partial charge in [-0.05, 0) is 6.92 Å². The van der Waals surface area contributed by atoms with Crippen molar-refractivity contribution < 1.29 is 34.5 Å². The van der Waals surface area contributed by atoms with Gasteiger partial charge in [-0.25, -0.2) is 9.78 Å². The molecule has 4 atom stereocenters. The molecule has 8 N–H and O–H groups in total. The number of aliphatic hydroxyl groups excluding tert-OH is 1. The lowest BCUT2D eigenvalue weighted by Crippen LogP contribution is -2.57. The Balaban J connectivity index is 2.91. The molecule has 12 heteroatoms. The summed E-state index contributed by atoms with van der Waals surface area (Å²) < 4.78 is 0. The summed E-state index contributed by atoms with van der Waals surface area (Å²) in [4.78, 5) is 52.7. The van der Waals surface area contributed by atoms with E-state index >= 15 is 0 Å². The minimum Gasteiger partial charge on any atom is -0.481 e. The van der Waals surface area contributed by atoms with Crippen LogP contribution in [0, 0.1) is 0 Å². The van der Waals surface area contributed by atoms with Crippen molar-refractivity contribution >= 4 is 23.8 Å². The molecule has 1 aromatic heterocycles. The maximum absolute atomic E-state index is 12.4. The molecular weight excluding hydrogens is 350 g/mol. The molecule has 0 radical (unpaired) electrons. The highest BCUT2D eigenvalue weighted by atomic mass is 16.4. The molecule has 4 unspecified atom stereocenters. The smallest absolute Gasteiger partial charge is 0.326 e. The van der Waals surface area contributed by atoms with Crippen molar-refractivity contribution in [1.29, 1.82) is 0 Å². The van der Waals surface area contributed by atoms with Crippen LogP contribution in [0.2, 0.25) is 0 Å². The molecule has 12 nitrogen and oxygen atoms in total. The SMILES string of the molecule is CC(O)C(N)C(=O)NC(Cc1cnc[nH]1)C(=O)NC(CC(=O)O)C(=O)O. The van der Waals surface area contributed by atoms with E-state index in [9.17, 15) is 24.3 Å². The van der Waals surface area contributed by atoms with E-state index in [1.54, 1.807) is 0 Å². The molecule has 144 valence electrons. The van der Waals surface area contributed by atoms with Crippen molar-refractivity contribution in [2.24, 2.45) is 5.73 Å². The fourth-order valence-corrected chi connectivity index (χ4v) is 1.96. The fourth-order valence-electron chi connectivity index (χ4n) is 1.96. The second-order valence-electron chi connectivity index (χ2n) is 5.61. The monoisotopic (exact) mass is 371 g/mol. The van der Waals surface area contributed by atoms with Crippen LogP contribution in [0.25, 0.3) is 0 Å². The first-order valence-corrected chi connectivity index (χ1v) is 7.58. The number of rotatable bonds is 10. The normalized spacial score (nSPS) is 15.3. The number of carboxylic acids is 2. The van der Waals surface area contributed by atoms with Gasteiger partial charge < -0.3 is 36.7 Å². The Hall–Kier alpha value is -2.99. The van der Waals surface area contributed by atoms with Gasteiger partial charge in [-0.15, -0.1) is 0 Å². The Bertz CT molecular complexity index is 646. The van der Waals surface area contributed by atoms with E-state index < -0.39 is 54.4 Å². The third-order valence-corrected chi connectivity index (χ3v) is 3.43. The van der Waals surface area contributed by atoms with Gasteiger partial charge in [-0.2, -0.15) is 0 Å². The molecule has 0 aliphatic heterocycles. The van der Waals surface area contributed by atoms with E-state index in [1.165, 1.54) is 19.4 Å². The molecule has 0 saturated carbocycles. The number of aromatic nitrogens is 2. The summed E-state index contributed by atoms with van der Waals surface area (Å²) >= 11 is 0. The van der Waals surface area contributed by atoms with Gasteiger partial charge in [0.05, 0.1) is 18.9 Å². The Labute approximate surface area is 147 Å². The number of carbonyl (C=O) groups excluding carboxylic acids is 2. The zero-order chi connectivity index (χ0) is 19.9. The molecule has 26 heavy (non-hydrogen) atoms. The molecule has 0 aliphatic rings. The summed E-state index contributed by atoms with van der Waals surface area (Å²) in [5.74, 6) is -4.69. The van der Waals surface area contributed by atoms with E-state index in [4.69, 9.17) is 15.9 Å². The molecule has 0 aromatic carbocycles. The van der Waals surface area contributed by atoms with Gasteiger partial charge in [0.25, 0.3) is 0 Å². The summed E-state index contributed by atoms with van der Waals surface area (Å²) in [6.07, 6.45) is 0.651. The van der Waals surface area contributed by atoms with Crippen LogP contribution in [-0.2, 0) is 25.6 Å². The number of nitrogens with one attached hydrogen (secondary N) is 3. The summed E-state index contributed by atoms with van der Waals surface area (Å²) in [7, 11) is 0. The second-order valence-corrected chi connectivity index (χ2v) is 5.61. The minimum atomic E-state index is -1.67. The van der Waals surface area contributed by atoms with Crippen LogP contribution in [0.3, 0.4) is 0 Å². The van der Waals surface area contributed by atoms with E-state index in [-0.39, 0.29) is 6.42 Å². The van der Waals surface area contributed by atoms with Crippen LogP contribution in [0.4, 0.5) is 0 Å². The Kier molecular flexibility index (Phi) is 7.68. The number of carbonyl (C=O) groups is 4. The number of aromatic amines is 1. The van der Waals surface area contributed by atoms with Crippen molar-refractivity contribution in [3.63, 3.8) is 0 Å². The quantitative estimate of drug-likeness (QED) is 0.226. The number of imidazole rings is 1. The number of nitrogens with zero attached hydrogens (tertiary/aromatic N) is 1. The van der Waals surface area contributed by atoms with Crippen LogP contribution >= 0.6 is 0 Å². The molecule has 1 aromatic rings. The van der Waals surface area contributed by atoms with Gasteiger partial charge in [-0.3, -0.25) is 14.4 Å². The number of H-pyrrole nitrogens is 1. The first-order valence-electron chi connectivity index (χ1n) is 7.58. The van der Waals surface area contributed by atoms with E-state index in [0.29, 0.717) is 5.69 Å². The third kappa shape index (κ3) is 6.49. The summed E-state index contributed by atoms with van der Waals surface area (Å²) in [6, 6.07) is -4.24. The van der Waals surface area contributed by atoms with Crippen molar-refractivity contribution in [1.82, 2.24) is 20.6 Å². The highest BCUT2D eigenvalue weighted by Gasteiger charge is 2.30. The zero-order valence-electron chi connectivity index (χ0n) is 13.9. The van der Waals surface area contributed by atoms with Crippen molar-refractivity contribution in [3.8, 4) is 0 Å². The Morgan fingerprint density at radius 3 is 2.27 bits per heavy atom. The predicted octanol–water partition coefficient (Wildman–Crippen LogP) is -2.81. The molecular formula is C14H21N5O7. The highest BCUT2D eigenvalue weighted by Crippen LogP contribution is 2.02. The Morgan fingerprint density at radius 1 is 1.19 bits per heavy atom. The van der Waals surface area contributed by atoms with E-state index in [0.717, 1.165) is 0 Å². The maximum atomic E-state index is 12.4. The molecule has 0 bridgehead atoms. The fraction of sp³-hybridized carbons (Fsp3) is 0.500. The number of amides is 2. The first kappa shape index (κ1) is 21.1. The van der Waals surface area contributed by atoms with Crippen LogP contribution in [0.1, 0.15) is 19.0 Å². The number of hydrogen-bond acceptors (Lipinski definition) is 7. The molecule has 1 heterocycles. The van der Waals surface area contributed by atoms with Crippen LogP contribution in [0.5, 0.6) is 0 Å². The molecule has 0 aliphatic carbocycles. The standard InChI is InChI=1S/C14H21N5O7/c1-6(20)11(15)13(24)18-8(2-7-4-16-5-17-7)12(23)19-9(14(25)26)3-10(21)22/h4-6,8-9,11,20H,2-3,15H2,1H3,(H,16,17)(H,18,24)(H,19,23)(H,21,22)(H,25,26). The van der Waals surface area contributed by atoms with Crippen molar-refractivity contribution in [3.05, 3.63) is 18.2 Å². The summed E-state index contributed by atoms with van der Waals surface area (Å²) in [5, 5.41) is 31.5. The zero-order valence-corrected chi connectivity index (χ0v) is 13.9. The number of nitrogens with two attached hydrogens (primary N) is 1. The molecule has 0 spiro atoms. The van der Waals surface area contributed by atoms with E-state index in [2.05, 4.69) is 20.6 Å². The number of carboxylic acid groups (broad SMARTS) is 2. The lowest BCUT2D eigenvalue weighted by molar-refractivity contribution is -0.147. The Morgan fingerprint density at radius 2 is 1.81 bits per heavy atom. The van der Waals surface area contributed by atoms with Gasteiger partial charge in [-0.1, -0.05) is 0 Å². The summed E-state index contributed by atoms with van der Waals surface area (Å²) in [6.45, 7) is 1.29. The van der Waals surface area contributed by atoms with Gasteiger partial charge in [0, 0.05) is 18.3 Å². The van der Waals surface area contributed by atoms with Crippen LogP contribution in [-0.4, -0.2) is 73.3 Å². The summed E-state index contributed by atoms with van der Waals surface area (Å²) in [5.41, 5.74) is 5.97. The van der Waals surface area contributed by atoms with Gasteiger partial charge in [0.15, 0.2) is 0 Å². The molecule has 2 amide bonds. The van der Waals surface area contributed by atoms with Gasteiger partial charge in [0.1, 0.15) is 18.1 Å². The molecule has 0 saturated heterocycles. The van der Waals surface area contributed by atoms with Gasteiger partial charge in [0.2, 0.25) is 11.8 Å². The van der Waals surface area contributed by atoms with Crippen LogP contribution in [0.15, 0.2) is 12.5 Å². The first-order chi connectivity index (χ1) is 12.1. The highest BCUT2D eigenvalue weighted by molar-refractivity contribution is 5.93. The van der Waals surface area contributed by atoms with Gasteiger partial charge >= 0.3 is 11.9 Å². The number of aliphatic hydroxyl groups is 1. The predicted molar refractivity (Wildman–Crippen MR) is 85.7 cm³/mol. The van der Waals surface area contributed by atoms with Crippen molar-refractivity contribution in [2.45, 2.75) is 44.0 Å².